The number of aliphatic hydroxyl groups is 1. The fourth-order valence-electron chi connectivity index (χ4n) is 1.62. The zero-order valence-corrected chi connectivity index (χ0v) is 11.6. The molecule has 0 aliphatic carbocycles. The molecule has 0 aliphatic heterocycles. The van der Waals surface area contributed by atoms with Crippen molar-refractivity contribution in [3.05, 3.63) is 0 Å². The quantitative estimate of drug-likeness (QED) is 0.512. The molecule has 0 aromatic heterocycles. The lowest BCUT2D eigenvalue weighted by atomic mass is 9.88. The van der Waals surface area contributed by atoms with Crippen molar-refractivity contribution in [2.75, 3.05) is 46.6 Å². The summed E-state index contributed by atoms with van der Waals surface area (Å²) in [6.45, 7) is 8.85. The van der Waals surface area contributed by atoms with Gasteiger partial charge in [-0.25, -0.2) is 0 Å². The lowest BCUT2D eigenvalue weighted by Crippen LogP contribution is -2.32. The van der Waals surface area contributed by atoms with Gasteiger partial charge < -0.3 is 19.9 Å². The number of hydrogen-bond donors (Lipinski definition) is 2. The molecule has 0 aromatic rings. The lowest BCUT2D eigenvalue weighted by molar-refractivity contribution is 0.103. The number of rotatable bonds is 12. The lowest BCUT2D eigenvalue weighted by Gasteiger charge is -2.24. The second-order valence-electron chi connectivity index (χ2n) is 5.13. The topological polar surface area (TPSA) is 50.7 Å². The van der Waals surface area contributed by atoms with Gasteiger partial charge in [-0.3, -0.25) is 0 Å². The first-order chi connectivity index (χ1) is 8.12. The number of nitrogens with one attached hydrogen (secondary N) is 1. The molecule has 0 aromatic carbocycles. The van der Waals surface area contributed by atoms with Crippen molar-refractivity contribution in [2.24, 2.45) is 5.41 Å². The first-order valence-electron chi connectivity index (χ1n) is 6.50. The van der Waals surface area contributed by atoms with Crippen LogP contribution in [0.3, 0.4) is 0 Å². The van der Waals surface area contributed by atoms with Crippen LogP contribution in [-0.2, 0) is 9.47 Å². The van der Waals surface area contributed by atoms with E-state index in [9.17, 15) is 0 Å². The summed E-state index contributed by atoms with van der Waals surface area (Å²) in [6.07, 6.45) is 2.88. The monoisotopic (exact) mass is 247 g/mol. The van der Waals surface area contributed by atoms with Gasteiger partial charge in [-0.2, -0.15) is 0 Å². The molecular formula is C13H29NO3. The van der Waals surface area contributed by atoms with Crippen molar-refractivity contribution >= 4 is 0 Å². The first-order valence-corrected chi connectivity index (χ1v) is 6.50. The minimum atomic E-state index is 0.249. The zero-order chi connectivity index (χ0) is 13.0. The first kappa shape index (κ1) is 16.8. The largest absolute Gasteiger partial charge is 0.396 e. The van der Waals surface area contributed by atoms with Crippen molar-refractivity contribution in [1.82, 2.24) is 5.32 Å². The predicted octanol–water partition coefficient (Wildman–Crippen LogP) is 1.43. The molecule has 4 heteroatoms. The third kappa shape index (κ3) is 12.1. The summed E-state index contributed by atoms with van der Waals surface area (Å²) < 4.78 is 10.4. The number of aliphatic hydroxyl groups excluding tert-OH is 1. The fraction of sp³-hybridized carbons (Fsp3) is 1.00. The van der Waals surface area contributed by atoms with Crippen LogP contribution < -0.4 is 5.32 Å². The second-order valence-corrected chi connectivity index (χ2v) is 5.13. The van der Waals surface area contributed by atoms with E-state index in [0.29, 0.717) is 0 Å². The Bertz CT molecular complexity index is 163. The summed E-state index contributed by atoms with van der Waals surface area (Å²) in [5, 5.41) is 12.2. The molecule has 2 N–H and O–H groups in total. The molecule has 0 saturated heterocycles. The Morgan fingerprint density at radius 2 is 1.88 bits per heavy atom. The van der Waals surface area contributed by atoms with Gasteiger partial charge in [0.2, 0.25) is 0 Å². The van der Waals surface area contributed by atoms with E-state index in [2.05, 4.69) is 19.2 Å². The second kappa shape index (κ2) is 11.0. The molecule has 0 rings (SSSR count). The van der Waals surface area contributed by atoms with Crippen molar-refractivity contribution in [2.45, 2.75) is 33.1 Å². The van der Waals surface area contributed by atoms with Crippen LogP contribution in [0, 0.1) is 5.41 Å². The summed E-state index contributed by atoms with van der Waals surface area (Å²) in [7, 11) is 1.70. The molecule has 4 nitrogen and oxygen atoms in total. The molecular weight excluding hydrogens is 218 g/mol. The van der Waals surface area contributed by atoms with Gasteiger partial charge in [-0.1, -0.05) is 13.8 Å². The van der Waals surface area contributed by atoms with Gasteiger partial charge >= 0.3 is 0 Å². The summed E-state index contributed by atoms with van der Waals surface area (Å²) in [6, 6.07) is 0. The minimum absolute atomic E-state index is 0.249. The van der Waals surface area contributed by atoms with E-state index in [4.69, 9.17) is 14.6 Å². The SMILES string of the molecule is COCCCOCCNCC(C)(C)CCCO. The van der Waals surface area contributed by atoms with E-state index < -0.39 is 0 Å². The van der Waals surface area contributed by atoms with Crippen LogP contribution in [0.15, 0.2) is 0 Å². The standard InChI is InChI=1S/C13H29NO3/c1-13(2,6-4-8-15)12-14-7-11-17-10-5-9-16-3/h14-15H,4-12H2,1-3H3. The number of hydrogen-bond acceptors (Lipinski definition) is 4. The van der Waals surface area contributed by atoms with Gasteiger partial charge in [0.1, 0.15) is 0 Å². The van der Waals surface area contributed by atoms with Crippen molar-refractivity contribution in [1.29, 1.82) is 0 Å². The molecule has 0 saturated carbocycles. The maximum Gasteiger partial charge on any atom is 0.0590 e. The third-order valence-electron chi connectivity index (χ3n) is 2.68. The highest BCUT2D eigenvalue weighted by atomic mass is 16.5. The highest BCUT2D eigenvalue weighted by Gasteiger charge is 2.16. The number of ether oxygens (including phenoxy) is 2. The van der Waals surface area contributed by atoms with Crippen LogP contribution in [0.4, 0.5) is 0 Å². The summed E-state index contributed by atoms with van der Waals surface area (Å²) in [5.41, 5.74) is 0.249. The molecule has 0 radical (unpaired) electrons. The van der Waals surface area contributed by atoms with E-state index in [0.717, 1.165) is 52.2 Å². The maximum absolute atomic E-state index is 8.79. The molecule has 0 unspecified atom stereocenters. The van der Waals surface area contributed by atoms with Gasteiger partial charge in [-0.05, 0) is 24.7 Å². The van der Waals surface area contributed by atoms with E-state index in [1.165, 1.54) is 0 Å². The van der Waals surface area contributed by atoms with E-state index in [-0.39, 0.29) is 12.0 Å². The molecule has 0 atom stereocenters. The van der Waals surface area contributed by atoms with Gasteiger partial charge in [0, 0.05) is 40.0 Å². The molecule has 0 aliphatic rings. The van der Waals surface area contributed by atoms with E-state index in [1.807, 2.05) is 0 Å². The van der Waals surface area contributed by atoms with Crippen molar-refractivity contribution in [3.8, 4) is 0 Å². The Morgan fingerprint density at radius 3 is 2.53 bits per heavy atom. The summed E-state index contributed by atoms with van der Waals surface area (Å²) in [5.74, 6) is 0. The Kier molecular flexibility index (Phi) is 10.9. The zero-order valence-electron chi connectivity index (χ0n) is 11.6. The smallest absolute Gasteiger partial charge is 0.0590 e. The third-order valence-corrected chi connectivity index (χ3v) is 2.68. The van der Waals surface area contributed by atoms with Gasteiger partial charge in [-0.15, -0.1) is 0 Å². The van der Waals surface area contributed by atoms with Gasteiger partial charge in [0.15, 0.2) is 0 Å². The normalized spacial score (nSPS) is 12.0. The molecule has 0 spiro atoms. The van der Waals surface area contributed by atoms with Crippen LogP contribution in [0.2, 0.25) is 0 Å². The average Bonchev–Trinajstić information content (AvgIpc) is 2.30. The molecule has 0 bridgehead atoms. The van der Waals surface area contributed by atoms with Crippen LogP contribution in [0.1, 0.15) is 33.1 Å². The Balaban J connectivity index is 3.26. The average molecular weight is 247 g/mol. The number of methoxy groups -OCH3 is 1. The highest BCUT2D eigenvalue weighted by Crippen LogP contribution is 2.20. The predicted molar refractivity (Wildman–Crippen MR) is 70.3 cm³/mol. The van der Waals surface area contributed by atoms with E-state index >= 15 is 0 Å². The summed E-state index contributed by atoms with van der Waals surface area (Å²) >= 11 is 0. The maximum atomic E-state index is 8.79. The van der Waals surface area contributed by atoms with Gasteiger partial charge in [0.25, 0.3) is 0 Å². The molecule has 104 valence electrons. The van der Waals surface area contributed by atoms with Gasteiger partial charge in [0.05, 0.1) is 6.61 Å². The van der Waals surface area contributed by atoms with Crippen LogP contribution >= 0.6 is 0 Å². The minimum Gasteiger partial charge on any atom is -0.396 e. The molecule has 0 fully saturated rings. The van der Waals surface area contributed by atoms with Crippen LogP contribution in [0.25, 0.3) is 0 Å². The molecule has 0 heterocycles. The Hall–Kier alpha value is -0.160. The Labute approximate surface area is 106 Å². The van der Waals surface area contributed by atoms with Crippen LogP contribution in [-0.4, -0.2) is 51.7 Å². The Morgan fingerprint density at radius 1 is 1.12 bits per heavy atom. The molecule has 0 amide bonds. The highest BCUT2D eigenvalue weighted by molar-refractivity contribution is 4.71. The van der Waals surface area contributed by atoms with Crippen molar-refractivity contribution < 1.29 is 14.6 Å². The van der Waals surface area contributed by atoms with Crippen LogP contribution in [0.5, 0.6) is 0 Å². The fourth-order valence-corrected chi connectivity index (χ4v) is 1.62. The summed E-state index contributed by atoms with van der Waals surface area (Å²) in [4.78, 5) is 0. The molecule has 17 heavy (non-hydrogen) atoms. The van der Waals surface area contributed by atoms with Crippen molar-refractivity contribution in [3.63, 3.8) is 0 Å². The van der Waals surface area contributed by atoms with E-state index in [1.54, 1.807) is 7.11 Å².